The van der Waals surface area contributed by atoms with E-state index in [9.17, 15) is 17.6 Å². The molecule has 0 spiro atoms. The summed E-state index contributed by atoms with van der Waals surface area (Å²) in [7, 11) is -3.79. The lowest BCUT2D eigenvalue weighted by Crippen LogP contribution is -2.42. The monoisotopic (exact) mass is 468 g/mol. The maximum absolute atomic E-state index is 13.3. The summed E-state index contributed by atoms with van der Waals surface area (Å²) < 4.78 is 51.3. The fourth-order valence-electron chi connectivity index (χ4n) is 3.68. The molecule has 1 N–H and O–H groups in total. The summed E-state index contributed by atoms with van der Waals surface area (Å²) >= 11 is 5.72. The van der Waals surface area contributed by atoms with Gasteiger partial charge in [0, 0.05) is 25.6 Å². The van der Waals surface area contributed by atoms with Gasteiger partial charge in [-0.3, -0.25) is 4.79 Å². The van der Waals surface area contributed by atoms with Crippen molar-refractivity contribution in [2.24, 2.45) is 5.92 Å². The summed E-state index contributed by atoms with van der Waals surface area (Å²) in [5, 5.41) is 2.67. The zero-order chi connectivity index (χ0) is 22.0. The number of hydrogen-bond donors (Lipinski definition) is 1. The van der Waals surface area contributed by atoms with Crippen LogP contribution in [-0.2, 0) is 21.4 Å². The second-order valence-corrected chi connectivity index (χ2v) is 9.80. The van der Waals surface area contributed by atoms with Crippen molar-refractivity contribution >= 4 is 27.5 Å². The number of halogens is 2. The number of nitrogens with zero attached hydrogens (tertiary/aromatic N) is 1. The number of carbonyl (C=O) groups excluding carboxylic acids is 1. The average molecular weight is 469 g/mol. The molecule has 0 aromatic heterocycles. The van der Waals surface area contributed by atoms with Gasteiger partial charge in [-0.15, -0.1) is 0 Å². The molecule has 2 aromatic carbocycles. The fourth-order valence-corrected chi connectivity index (χ4v) is 5.42. The third-order valence-electron chi connectivity index (χ3n) is 5.43. The number of nitrogens with one attached hydrogen (secondary N) is 1. The van der Waals surface area contributed by atoms with Gasteiger partial charge in [-0.25, -0.2) is 12.8 Å². The van der Waals surface area contributed by atoms with E-state index in [-0.39, 0.29) is 34.8 Å². The lowest BCUT2D eigenvalue weighted by Gasteiger charge is -2.30. The van der Waals surface area contributed by atoms with Crippen LogP contribution in [0.4, 0.5) is 4.39 Å². The van der Waals surface area contributed by atoms with E-state index >= 15 is 0 Å². The first-order chi connectivity index (χ1) is 14.8. The predicted molar refractivity (Wildman–Crippen MR) is 112 cm³/mol. The zero-order valence-electron chi connectivity index (χ0n) is 16.6. The molecule has 7 nitrogen and oxygen atoms in total. The minimum atomic E-state index is -3.79. The van der Waals surface area contributed by atoms with Crippen LogP contribution in [0, 0.1) is 11.7 Å². The van der Waals surface area contributed by atoms with Gasteiger partial charge in [0.1, 0.15) is 19.0 Å². The molecular weight excluding hydrogens is 447 g/mol. The van der Waals surface area contributed by atoms with Crippen LogP contribution in [0.2, 0.25) is 5.02 Å². The van der Waals surface area contributed by atoms with E-state index < -0.39 is 15.8 Å². The molecule has 1 fully saturated rings. The Labute approximate surface area is 185 Å². The summed E-state index contributed by atoms with van der Waals surface area (Å²) in [6.07, 6.45) is 0.808. The van der Waals surface area contributed by atoms with Gasteiger partial charge in [-0.2, -0.15) is 4.31 Å². The molecule has 2 aliphatic heterocycles. The lowest BCUT2D eigenvalue weighted by atomic mass is 9.97. The van der Waals surface area contributed by atoms with Crippen molar-refractivity contribution in [2.45, 2.75) is 24.3 Å². The molecule has 0 atom stereocenters. The SMILES string of the molecule is O=C(NCc1ccc2c(c1)OCCO2)C1CCN(S(=O)(=O)c2ccc(F)c(Cl)c2)CC1. The van der Waals surface area contributed by atoms with Gasteiger partial charge in [-0.05, 0) is 48.7 Å². The molecule has 0 saturated carbocycles. The molecule has 2 aromatic rings. The van der Waals surface area contributed by atoms with Gasteiger partial charge < -0.3 is 14.8 Å². The summed E-state index contributed by atoms with van der Waals surface area (Å²) in [6.45, 7) is 1.78. The topological polar surface area (TPSA) is 84.9 Å². The number of sulfonamides is 1. The van der Waals surface area contributed by atoms with Crippen molar-refractivity contribution in [1.82, 2.24) is 9.62 Å². The summed E-state index contributed by atoms with van der Waals surface area (Å²) in [6, 6.07) is 8.88. The van der Waals surface area contributed by atoms with E-state index in [0.717, 1.165) is 17.7 Å². The second-order valence-electron chi connectivity index (χ2n) is 7.45. The number of rotatable bonds is 5. The van der Waals surface area contributed by atoms with Gasteiger partial charge in [0.2, 0.25) is 15.9 Å². The Morgan fingerprint density at radius 1 is 1.10 bits per heavy atom. The van der Waals surface area contributed by atoms with E-state index in [2.05, 4.69) is 5.32 Å². The second kappa shape index (κ2) is 9.02. The highest BCUT2D eigenvalue weighted by Gasteiger charge is 2.32. The average Bonchev–Trinajstić information content (AvgIpc) is 2.79. The Balaban J connectivity index is 1.32. The normalized spacial score (nSPS) is 17.4. The number of piperidine rings is 1. The molecule has 1 amide bonds. The van der Waals surface area contributed by atoms with E-state index in [1.54, 1.807) is 0 Å². The number of benzene rings is 2. The van der Waals surface area contributed by atoms with Crippen LogP contribution in [0.3, 0.4) is 0 Å². The number of amides is 1. The number of fused-ring (bicyclic) bond motifs is 1. The quantitative estimate of drug-likeness (QED) is 0.729. The van der Waals surface area contributed by atoms with Gasteiger partial charge in [0.05, 0.1) is 9.92 Å². The minimum absolute atomic E-state index is 0.0552. The highest BCUT2D eigenvalue weighted by atomic mass is 35.5. The molecule has 1 saturated heterocycles. The largest absolute Gasteiger partial charge is 0.486 e. The molecule has 10 heteroatoms. The van der Waals surface area contributed by atoms with E-state index in [1.807, 2.05) is 18.2 Å². The third-order valence-corrected chi connectivity index (χ3v) is 7.61. The van der Waals surface area contributed by atoms with Crippen LogP contribution in [0.25, 0.3) is 0 Å². The van der Waals surface area contributed by atoms with Gasteiger partial charge in [0.15, 0.2) is 11.5 Å². The summed E-state index contributed by atoms with van der Waals surface area (Å²) in [5.41, 5.74) is 0.894. The molecule has 0 radical (unpaired) electrons. The minimum Gasteiger partial charge on any atom is -0.486 e. The Morgan fingerprint density at radius 3 is 2.52 bits per heavy atom. The Bertz CT molecular complexity index is 1090. The molecule has 166 valence electrons. The fraction of sp³-hybridized carbons (Fsp3) is 0.381. The van der Waals surface area contributed by atoms with Crippen molar-refractivity contribution in [1.29, 1.82) is 0 Å². The molecule has 2 heterocycles. The summed E-state index contributed by atoms with van der Waals surface area (Å²) in [4.78, 5) is 12.5. The first-order valence-corrected chi connectivity index (χ1v) is 11.8. The van der Waals surface area contributed by atoms with Crippen molar-refractivity contribution < 1.29 is 27.1 Å². The van der Waals surface area contributed by atoms with E-state index in [0.29, 0.717) is 44.1 Å². The predicted octanol–water partition coefficient (Wildman–Crippen LogP) is 2.97. The van der Waals surface area contributed by atoms with Gasteiger partial charge in [-0.1, -0.05) is 17.7 Å². The van der Waals surface area contributed by atoms with E-state index in [1.165, 1.54) is 10.4 Å². The van der Waals surface area contributed by atoms with Crippen molar-refractivity contribution in [3.05, 3.63) is 52.8 Å². The van der Waals surface area contributed by atoms with Gasteiger partial charge >= 0.3 is 0 Å². The number of ether oxygens (including phenoxy) is 2. The van der Waals surface area contributed by atoms with Crippen molar-refractivity contribution in [3.63, 3.8) is 0 Å². The van der Waals surface area contributed by atoms with Crippen LogP contribution in [0.5, 0.6) is 11.5 Å². The van der Waals surface area contributed by atoms with Gasteiger partial charge in [0.25, 0.3) is 0 Å². The van der Waals surface area contributed by atoms with Crippen LogP contribution in [0.15, 0.2) is 41.3 Å². The zero-order valence-corrected chi connectivity index (χ0v) is 18.2. The standard InChI is InChI=1S/C21H22ClFN2O5S/c22-17-12-16(2-3-18(17)23)31(27,28)25-7-5-15(6-8-25)21(26)24-13-14-1-4-19-20(11-14)30-10-9-29-19/h1-4,11-12,15H,5-10,13H2,(H,24,26). The van der Waals surface area contributed by atoms with Crippen LogP contribution < -0.4 is 14.8 Å². The summed E-state index contributed by atoms with van der Waals surface area (Å²) in [5.74, 6) is 0.293. The first-order valence-electron chi connectivity index (χ1n) is 9.96. The highest BCUT2D eigenvalue weighted by Crippen LogP contribution is 2.31. The Hall–Kier alpha value is -2.36. The number of hydrogen-bond acceptors (Lipinski definition) is 5. The molecule has 2 aliphatic rings. The maximum Gasteiger partial charge on any atom is 0.243 e. The maximum atomic E-state index is 13.3. The van der Waals surface area contributed by atoms with Crippen LogP contribution >= 0.6 is 11.6 Å². The number of carbonyl (C=O) groups is 1. The van der Waals surface area contributed by atoms with Crippen molar-refractivity contribution in [3.8, 4) is 11.5 Å². The van der Waals surface area contributed by atoms with Crippen molar-refractivity contribution in [2.75, 3.05) is 26.3 Å². The molecule has 0 aliphatic carbocycles. The lowest BCUT2D eigenvalue weighted by molar-refractivity contribution is -0.126. The molecular formula is C21H22ClFN2O5S. The molecule has 0 bridgehead atoms. The Kier molecular flexibility index (Phi) is 6.36. The van der Waals surface area contributed by atoms with Crippen LogP contribution in [-0.4, -0.2) is 44.9 Å². The molecule has 31 heavy (non-hydrogen) atoms. The van der Waals surface area contributed by atoms with E-state index in [4.69, 9.17) is 21.1 Å². The third kappa shape index (κ3) is 4.78. The molecule has 0 unspecified atom stereocenters. The smallest absolute Gasteiger partial charge is 0.243 e. The molecule has 4 rings (SSSR count). The first kappa shape index (κ1) is 21.9. The highest BCUT2D eigenvalue weighted by molar-refractivity contribution is 7.89. The van der Waals surface area contributed by atoms with Crippen LogP contribution in [0.1, 0.15) is 18.4 Å². The Morgan fingerprint density at radius 2 is 1.81 bits per heavy atom.